The molecule has 2 rings (SSSR count). The third-order valence-electron chi connectivity index (χ3n) is 4.06. The van der Waals surface area contributed by atoms with Crippen LogP contribution in [0.5, 0.6) is 0 Å². The Morgan fingerprint density at radius 3 is 2.83 bits per heavy atom. The second kappa shape index (κ2) is 8.55. The molecule has 1 saturated heterocycles. The molecule has 134 valence electrons. The molecule has 1 aliphatic heterocycles. The van der Waals surface area contributed by atoms with E-state index in [1.807, 2.05) is 6.07 Å². The number of amides is 1. The number of sulfonamides is 1. The van der Waals surface area contributed by atoms with Gasteiger partial charge in [-0.05, 0) is 31.9 Å². The lowest BCUT2D eigenvalue weighted by molar-refractivity contribution is -0.122. The number of primary sulfonamides is 1. The molecular weight excluding hydrogens is 333 g/mol. The maximum Gasteiger partial charge on any atom is 0.220 e. The lowest BCUT2D eigenvalue weighted by atomic mass is 10.0. The number of nitrogens with two attached hydrogens (primary N) is 1. The Kier molecular flexibility index (Phi) is 6.70. The smallest absolute Gasteiger partial charge is 0.220 e. The van der Waals surface area contributed by atoms with E-state index >= 15 is 0 Å². The van der Waals surface area contributed by atoms with Crippen molar-refractivity contribution in [1.82, 2.24) is 10.2 Å². The fraction of sp³-hybridized carbons (Fsp3) is 0.562. The fourth-order valence-electron chi connectivity index (χ4n) is 2.92. The minimum Gasteiger partial charge on any atom is -0.352 e. The van der Waals surface area contributed by atoms with Crippen molar-refractivity contribution >= 4 is 15.9 Å². The van der Waals surface area contributed by atoms with Gasteiger partial charge in [0.15, 0.2) is 0 Å². The van der Waals surface area contributed by atoms with E-state index in [-0.39, 0.29) is 36.4 Å². The highest BCUT2D eigenvalue weighted by Gasteiger charge is 2.22. The first-order valence-electron chi connectivity index (χ1n) is 8.09. The van der Waals surface area contributed by atoms with E-state index in [9.17, 15) is 17.6 Å². The number of likely N-dealkylation sites (tertiary alicyclic amines) is 1. The number of nitrogens with one attached hydrogen (secondary N) is 1. The summed E-state index contributed by atoms with van der Waals surface area (Å²) in [4.78, 5) is 14.0. The average molecular weight is 357 g/mol. The molecule has 1 aromatic carbocycles. The predicted molar refractivity (Wildman–Crippen MR) is 90.0 cm³/mol. The van der Waals surface area contributed by atoms with Crippen LogP contribution in [0.4, 0.5) is 4.39 Å². The predicted octanol–water partition coefficient (Wildman–Crippen LogP) is 0.975. The van der Waals surface area contributed by atoms with Crippen LogP contribution >= 0.6 is 0 Å². The Labute approximate surface area is 142 Å². The molecule has 0 saturated carbocycles. The number of piperidine rings is 1. The standard InChI is InChI=1S/C16H24FN3O3S/c17-15-7-2-1-5-13(15)11-20-9-3-6-14(12-20)19-16(21)8-4-10-24(18,22)23/h1-2,5,7,14H,3-4,6,8-12H2,(H,19,21)(H2,18,22,23)/t14-/m1/s1. The topological polar surface area (TPSA) is 92.5 Å². The summed E-state index contributed by atoms with van der Waals surface area (Å²) >= 11 is 0. The zero-order valence-electron chi connectivity index (χ0n) is 13.6. The second-order valence-electron chi connectivity index (χ2n) is 6.20. The Hall–Kier alpha value is -1.51. The van der Waals surface area contributed by atoms with Gasteiger partial charge in [0.25, 0.3) is 0 Å². The third kappa shape index (κ3) is 6.54. The van der Waals surface area contributed by atoms with Crippen LogP contribution in [-0.2, 0) is 21.4 Å². The molecule has 6 nitrogen and oxygen atoms in total. The first-order chi connectivity index (χ1) is 11.3. The molecular formula is C16H24FN3O3S. The molecule has 8 heteroatoms. The quantitative estimate of drug-likeness (QED) is 0.761. The van der Waals surface area contributed by atoms with Crippen LogP contribution in [-0.4, -0.2) is 44.1 Å². The number of hydrogen-bond acceptors (Lipinski definition) is 4. The first kappa shape index (κ1) is 18.8. The summed E-state index contributed by atoms with van der Waals surface area (Å²) in [6, 6.07) is 6.70. The van der Waals surface area contributed by atoms with Gasteiger partial charge in [-0.1, -0.05) is 18.2 Å². The molecule has 0 aromatic heterocycles. The highest BCUT2D eigenvalue weighted by Crippen LogP contribution is 2.16. The van der Waals surface area contributed by atoms with Gasteiger partial charge in [-0.25, -0.2) is 17.9 Å². The maximum absolute atomic E-state index is 13.7. The van der Waals surface area contributed by atoms with Gasteiger partial charge >= 0.3 is 0 Å². The normalized spacial score (nSPS) is 19.2. The Balaban J connectivity index is 1.78. The molecule has 1 amide bonds. The monoisotopic (exact) mass is 357 g/mol. The summed E-state index contributed by atoms with van der Waals surface area (Å²) in [7, 11) is -3.52. The van der Waals surface area contributed by atoms with Crippen LogP contribution in [0.25, 0.3) is 0 Å². The highest BCUT2D eigenvalue weighted by molar-refractivity contribution is 7.89. The molecule has 0 spiro atoms. The molecule has 1 fully saturated rings. The molecule has 24 heavy (non-hydrogen) atoms. The van der Waals surface area contributed by atoms with Gasteiger partial charge in [0, 0.05) is 31.1 Å². The van der Waals surface area contributed by atoms with Crippen molar-refractivity contribution in [2.75, 3.05) is 18.8 Å². The summed E-state index contributed by atoms with van der Waals surface area (Å²) in [5.74, 6) is -0.576. The number of nitrogens with zero attached hydrogens (tertiary/aromatic N) is 1. The molecule has 3 N–H and O–H groups in total. The van der Waals surface area contributed by atoms with Crippen molar-refractivity contribution in [2.24, 2.45) is 5.14 Å². The van der Waals surface area contributed by atoms with Gasteiger partial charge in [-0.2, -0.15) is 0 Å². The Morgan fingerprint density at radius 1 is 1.38 bits per heavy atom. The van der Waals surface area contributed by atoms with Gasteiger partial charge in [0.05, 0.1) is 5.75 Å². The van der Waals surface area contributed by atoms with Gasteiger partial charge in [-0.15, -0.1) is 0 Å². The minimum absolute atomic E-state index is 0.00695. The highest BCUT2D eigenvalue weighted by atomic mass is 32.2. The van der Waals surface area contributed by atoms with E-state index in [0.29, 0.717) is 18.7 Å². The second-order valence-corrected chi connectivity index (χ2v) is 7.94. The van der Waals surface area contributed by atoms with E-state index in [0.717, 1.165) is 19.4 Å². The lowest BCUT2D eigenvalue weighted by Crippen LogP contribution is -2.47. The van der Waals surface area contributed by atoms with E-state index in [1.54, 1.807) is 12.1 Å². The van der Waals surface area contributed by atoms with Gasteiger partial charge < -0.3 is 5.32 Å². The Bertz CT molecular complexity index is 666. The number of benzene rings is 1. The van der Waals surface area contributed by atoms with Crippen LogP contribution in [0.3, 0.4) is 0 Å². The zero-order chi connectivity index (χ0) is 17.6. The van der Waals surface area contributed by atoms with Crippen molar-refractivity contribution in [3.8, 4) is 0 Å². The summed E-state index contributed by atoms with van der Waals surface area (Å²) in [6.07, 6.45) is 2.15. The van der Waals surface area contributed by atoms with E-state index < -0.39 is 10.0 Å². The number of hydrogen-bond donors (Lipinski definition) is 2. The van der Waals surface area contributed by atoms with Gasteiger partial charge in [-0.3, -0.25) is 9.69 Å². The van der Waals surface area contributed by atoms with Crippen molar-refractivity contribution in [1.29, 1.82) is 0 Å². The van der Waals surface area contributed by atoms with Crippen molar-refractivity contribution < 1.29 is 17.6 Å². The molecule has 0 aliphatic carbocycles. The van der Waals surface area contributed by atoms with E-state index in [1.165, 1.54) is 6.07 Å². The molecule has 0 radical (unpaired) electrons. The van der Waals surface area contributed by atoms with Crippen molar-refractivity contribution in [3.63, 3.8) is 0 Å². The van der Waals surface area contributed by atoms with Crippen molar-refractivity contribution in [2.45, 2.75) is 38.3 Å². The maximum atomic E-state index is 13.7. The molecule has 1 heterocycles. The SMILES string of the molecule is NS(=O)(=O)CCCC(=O)N[C@@H]1CCCN(Cc2ccccc2F)C1. The fourth-order valence-corrected chi connectivity index (χ4v) is 3.46. The molecule has 1 atom stereocenters. The number of halogens is 1. The zero-order valence-corrected chi connectivity index (χ0v) is 14.4. The largest absolute Gasteiger partial charge is 0.352 e. The Morgan fingerprint density at radius 2 is 2.12 bits per heavy atom. The number of carbonyl (C=O) groups is 1. The van der Waals surface area contributed by atoms with Crippen LogP contribution in [0.2, 0.25) is 0 Å². The number of rotatable bonds is 7. The van der Waals surface area contributed by atoms with Crippen molar-refractivity contribution in [3.05, 3.63) is 35.6 Å². The molecule has 0 bridgehead atoms. The summed E-state index contributed by atoms with van der Waals surface area (Å²) < 4.78 is 35.4. The lowest BCUT2D eigenvalue weighted by Gasteiger charge is -2.33. The average Bonchev–Trinajstić information content (AvgIpc) is 2.48. The third-order valence-corrected chi connectivity index (χ3v) is 4.91. The number of carbonyl (C=O) groups excluding carboxylic acids is 1. The van der Waals surface area contributed by atoms with Crippen LogP contribution in [0.15, 0.2) is 24.3 Å². The molecule has 1 aliphatic rings. The molecule has 1 aromatic rings. The van der Waals surface area contributed by atoms with E-state index in [4.69, 9.17) is 5.14 Å². The minimum atomic E-state index is -3.52. The summed E-state index contributed by atoms with van der Waals surface area (Å²) in [5.41, 5.74) is 0.651. The molecule has 0 unspecified atom stereocenters. The first-order valence-corrected chi connectivity index (χ1v) is 9.80. The van der Waals surface area contributed by atoms with Gasteiger partial charge in [0.1, 0.15) is 5.82 Å². The van der Waals surface area contributed by atoms with Gasteiger partial charge in [0.2, 0.25) is 15.9 Å². The van der Waals surface area contributed by atoms with Crippen LogP contribution in [0, 0.1) is 5.82 Å². The van der Waals surface area contributed by atoms with Crippen LogP contribution < -0.4 is 10.5 Å². The van der Waals surface area contributed by atoms with Crippen LogP contribution in [0.1, 0.15) is 31.2 Å². The van der Waals surface area contributed by atoms with E-state index in [2.05, 4.69) is 10.2 Å². The summed E-state index contributed by atoms with van der Waals surface area (Å²) in [6.45, 7) is 2.05. The summed E-state index contributed by atoms with van der Waals surface area (Å²) in [5, 5.41) is 7.84.